The van der Waals surface area contributed by atoms with Gasteiger partial charge in [0, 0.05) is 21.8 Å². The van der Waals surface area contributed by atoms with E-state index in [0.717, 1.165) is 11.0 Å². The van der Waals surface area contributed by atoms with E-state index in [1.807, 2.05) is 24.3 Å². The third-order valence-electron chi connectivity index (χ3n) is 2.47. The highest BCUT2D eigenvalue weighted by Gasteiger charge is 2.13. The van der Waals surface area contributed by atoms with E-state index in [0.29, 0.717) is 17.2 Å². The molecule has 2 aromatic heterocycles. The minimum atomic E-state index is 0.218. The Hall–Kier alpha value is -0.850. The van der Waals surface area contributed by atoms with Gasteiger partial charge in [-0.05, 0) is 40.5 Å². The van der Waals surface area contributed by atoms with Crippen LogP contribution in [0.1, 0.15) is 10.6 Å². The van der Waals surface area contributed by atoms with Crippen LogP contribution in [0.3, 0.4) is 0 Å². The standard InChI is InChI=1S/C11H12BrClN4S/c1-6-9(14)10(16-11(13)15-6)17(2)4-8-3-7(12)5-18-8/h3,5H,4,14H2,1-2H3. The van der Waals surface area contributed by atoms with Crippen molar-refractivity contribution in [2.24, 2.45) is 0 Å². The first-order chi connectivity index (χ1) is 8.47. The average molecular weight is 348 g/mol. The number of aromatic nitrogens is 2. The number of nitrogens with zero attached hydrogens (tertiary/aromatic N) is 3. The Bertz CT molecular complexity index is 572. The third-order valence-corrected chi connectivity index (χ3v) is 4.32. The van der Waals surface area contributed by atoms with E-state index in [-0.39, 0.29) is 5.28 Å². The molecule has 0 saturated heterocycles. The van der Waals surface area contributed by atoms with Gasteiger partial charge in [-0.1, -0.05) is 0 Å². The molecule has 0 bridgehead atoms. The lowest BCUT2D eigenvalue weighted by Gasteiger charge is -2.19. The van der Waals surface area contributed by atoms with Gasteiger partial charge in [0.2, 0.25) is 5.28 Å². The third kappa shape index (κ3) is 2.93. The SMILES string of the molecule is Cc1nc(Cl)nc(N(C)Cc2cc(Br)cs2)c1N. The van der Waals surface area contributed by atoms with Crippen molar-refractivity contribution in [2.75, 3.05) is 17.7 Å². The summed E-state index contributed by atoms with van der Waals surface area (Å²) in [6, 6.07) is 2.08. The number of nitrogen functional groups attached to an aromatic ring is 1. The molecule has 0 saturated carbocycles. The Morgan fingerprint density at radius 1 is 1.50 bits per heavy atom. The summed E-state index contributed by atoms with van der Waals surface area (Å²) < 4.78 is 1.08. The van der Waals surface area contributed by atoms with Crippen LogP contribution in [0.25, 0.3) is 0 Å². The number of hydrogen-bond acceptors (Lipinski definition) is 5. The van der Waals surface area contributed by atoms with Crippen LogP contribution < -0.4 is 10.6 Å². The molecule has 2 rings (SSSR count). The van der Waals surface area contributed by atoms with E-state index in [4.69, 9.17) is 17.3 Å². The zero-order chi connectivity index (χ0) is 13.3. The molecule has 2 N–H and O–H groups in total. The van der Waals surface area contributed by atoms with Crippen LogP contribution in [0.4, 0.5) is 11.5 Å². The van der Waals surface area contributed by atoms with Crippen molar-refractivity contribution < 1.29 is 0 Å². The number of rotatable bonds is 3. The fourth-order valence-corrected chi connectivity index (χ4v) is 3.28. The molecule has 2 aromatic rings. The highest BCUT2D eigenvalue weighted by molar-refractivity contribution is 9.10. The highest BCUT2D eigenvalue weighted by Crippen LogP contribution is 2.27. The van der Waals surface area contributed by atoms with Gasteiger partial charge in [0.25, 0.3) is 0 Å². The largest absolute Gasteiger partial charge is 0.394 e. The second-order valence-electron chi connectivity index (χ2n) is 3.90. The first-order valence-electron chi connectivity index (χ1n) is 5.21. The Balaban J connectivity index is 2.26. The lowest BCUT2D eigenvalue weighted by molar-refractivity contribution is 0.902. The maximum absolute atomic E-state index is 5.98. The molecule has 2 heterocycles. The van der Waals surface area contributed by atoms with Crippen molar-refractivity contribution in [1.82, 2.24) is 9.97 Å². The fraction of sp³-hybridized carbons (Fsp3) is 0.273. The van der Waals surface area contributed by atoms with E-state index in [2.05, 4.69) is 32.0 Å². The van der Waals surface area contributed by atoms with Crippen LogP contribution in [0, 0.1) is 6.92 Å². The van der Waals surface area contributed by atoms with Crippen LogP contribution >= 0.6 is 38.9 Å². The van der Waals surface area contributed by atoms with E-state index >= 15 is 0 Å². The van der Waals surface area contributed by atoms with Crippen LogP contribution in [0.5, 0.6) is 0 Å². The summed E-state index contributed by atoms with van der Waals surface area (Å²) in [6.07, 6.45) is 0. The summed E-state index contributed by atoms with van der Waals surface area (Å²) in [4.78, 5) is 11.4. The molecule has 4 nitrogen and oxygen atoms in total. The van der Waals surface area contributed by atoms with Crippen LogP contribution in [0.15, 0.2) is 15.9 Å². The van der Waals surface area contributed by atoms with Gasteiger partial charge in [0.1, 0.15) is 0 Å². The zero-order valence-electron chi connectivity index (χ0n) is 9.94. The number of aryl methyl sites for hydroxylation is 1. The van der Waals surface area contributed by atoms with Crippen molar-refractivity contribution in [1.29, 1.82) is 0 Å². The predicted molar refractivity (Wildman–Crippen MR) is 80.3 cm³/mol. The molecule has 0 aromatic carbocycles. The lowest BCUT2D eigenvalue weighted by Crippen LogP contribution is -2.19. The van der Waals surface area contributed by atoms with Gasteiger partial charge in [-0.2, -0.15) is 4.98 Å². The summed E-state index contributed by atoms with van der Waals surface area (Å²) in [6.45, 7) is 2.55. The maximum atomic E-state index is 5.98. The quantitative estimate of drug-likeness (QED) is 0.864. The molecule has 0 spiro atoms. The molecule has 0 fully saturated rings. The van der Waals surface area contributed by atoms with E-state index < -0.39 is 0 Å². The number of thiophene rings is 1. The molecular weight excluding hydrogens is 336 g/mol. The molecule has 7 heteroatoms. The van der Waals surface area contributed by atoms with E-state index in [9.17, 15) is 0 Å². The lowest BCUT2D eigenvalue weighted by atomic mass is 10.3. The van der Waals surface area contributed by atoms with Gasteiger partial charge >= 0.3 is 0 Å². The van der Waals surface area contributed by atoms with Gasteiger partial charge in [0.15, 0.2) is 5.82 Å². The summed E-state index contributed by atoms with van der Waals surface area (Å²) in [7, 11) is 1.93. The normalized spacial score (nSPS) is 10.7. The van der Waals surface area contributed by atoms with Crippen molar-refractivity contribution in [3.05, 3.63) is 31.8 Å². The zero-order valence-corrected chi connectivity index (χ0v) is 13.1. The molecule has 18 heavy (non-hydrogen) atoms. The highest BCUT2D eigenvalue weighted by atomic mass is 79.9. The smallest absolute Gasteiger partial charge is 0.224 e. The van der Waals surface area contributed by atoms with Gasteiger partial charge in [-0.15, -0.1) is 11.3 Å². The van der Waals surface area contributed by atoms with Crippen molar-refractivity contribution in [3.8, 4) is 0 Å². The first kappa shape index (κ1) is 13.6. The van der Waals surface area contributed by atoms with Gasteiger partial charge < -0.3 is 10.6 Å². The van der Waals surface area contributed by atoms with E-state index in [1.165, 1.54) is 4.88 Å². The molecule has 0 aliphatic carbocycles. The number of halogens is 2. The second-order valence-corrected chi connectivity index (χ2v) is 6.15. The topological polar surface area (TPSA) is 55.0 Å². The minimum absolute atomic E-state index is 0.218. The van der Waals surface area contributed by atoms with Crippen molar-refractivity contribution in [2.45, 2.75) is 13.5 Å². The van der Waals surface area contributed by atoms with Crippen LogP contribution in [0.2, 0.25) is 5.28 Å². The molecular formula is C11H12BrClN4S. The number of nitrogens with two attached hydrogens (primary N) is 1. The summed E-state index contributed by atoms with van der Waals surface area (Å²) in [5.41, 5.74) is 7.25. The molecule has 0 amide bonds. The molecule has 0 atom stereocenters. The molecule has 0 unspecified atom stereocenters. The first-order valence-corrected chi connectivity index (χ1v) is 7.26. The second kappa shape index (κ2) is 5.42. The monoisotopic (exact) mass is 346 g/mol. The number of hydrogen-bond donors (Lipinski definition) is 1. The maximum Gasteiger partial charge on any atom is 0.224 e. The predicted octanol–water partition coefficient (Wildman–Crippen LogP) is 3.48. The molecule has 96 valence electrons. The Morgan fingerprint density at radius 3 is 2.83 bits per heavy atom. The van der Waals surface area contributed by atoms with Crippen molar-refractivity contribution >= 4 is 50.4 Å². The van der Waals surface area contributed by atoms with Gasteiger partial charge in [0.05, 0.1) is 17.9 Å². The molecule has 0 aliphatic heterocycles. The number of anilines is 2. The fourth-order valence-electron chi connectivity index (χ4n) is 1.57. The summed E-state index contributed by atoms with van der Waals surface area (Å²) in [5.74, 6) is 0.664. The average Bonchev–Trinajstić information content (AvgIpc) is 2.69. The Kier molecular flexibility index (Phi) is 4.09. The van der Waals surface area contributed by atoms with Crippen molar-refractivity contribution in [3.63, 3.8) is 0 Å². The van der Waals surface area contributed by atoms with Crippen LogP contribution in [-0.2, 0) is 6.54 Å². The molecule has 0 aliphatic rings. The van der Waals surface area contributed by atoms with Crippen LogP contribution in [-0.4, -0.2) is 17.0 Å². The molecule has 0 radical (unpaired) electrons. The Labute approximate surface area is 123 Å². The van der Waals surface area contributed by atoms with Gasteiger partial charge in [-0.25, -0.2) is 4.98 Å². The minimum Gasteiger partial charge on any atom is -0.394 e. The summed E-state index contributed by atoms with van der Waals surface area (Å²) in [5, 5.41) is 2.26. The van der Waals surface area contributed by atoms with E-state index in [1.54, 1.807) is 11.3 Å². The Morgan fingerprint density at radius 2 is 2.22 bits per heavy atom. The summed E-state index contributed by atoms with van der Waals surface area (Å²) >= 11 is 11.0. The van der Waals surface area contributed by atoms with Gasteiger partial charge in [-0.3, -0.25) is 0 Å².